The second-order valence-corrected chi connectivity index (χ2v) is 5.24. The fourth-order valence-electron chi connectivity index (χ4n) is 1.79. The van der Waals surface area contributed by atoms with E-state index in [9.17, 15) is 0 Å². The van der Waals surface area contributed by atoms with Crippen LogP contribution >= 0.6 is 11.3 Å². The first kappa shape index (κ1) is 13.1. The van der Waals surface area contributed by atoms with Gasteiger partial charge in [-0.1, -0.05) is 6.07 Å². The molecule has 0 fully saturated rings. The number of nitrogens with zero attached hydrogens (tertiary/aromatic N) is 3. The summed E-state index contributed by atoms with van der Waals surface area (Å²) in [4.78, 5) is 11.0. The van der Waals surface area contributed by atoms with Crippen molar-refractivity contribution in [3.63, 3.8) is 0 Å². The molecule has 0 unspecified atom stereocenters. The molecule has 4 nitrogen and oxygen atoms in total. The first-order valence-corrected chi connectivity index (χ1v) is 6.81. The normalized spacial score (nSPS) is 11.1. The third-order valence-electron chi connectivity index (χ3n) is 2.53. The Hall–Kier alpha value is -1.30. The number of hydrogen-bond acceptors (Lipinski definition) is 5. The average Bonchev–Trinajstić information content (AvgIpc) is 2.78. The molecular weight excluding hydrogens is 244 g/mol. The Kier molecular flexibility index (Phi) is 4.81. The number of aromatic nitrogens is 2. The molecule has 0 saturated carbocycles. The minimum Gasteiger partial charge on any atom is -0.314 e. The second-order valence-electron chi connectivity index (χ2n) is 4.30. The molecule has 18 heavy (non-hydrogen) atoms. The maximum atomic E-state index is 4.58. The summed E-state index contributed by atoms with van der Waals surface area (Å²) in [5, 5.41) is 6.39. The molecular formula is C13H18N4S. The molecule has 0 radical (unpaired) electrons. The Labute approximate surface area is 112 Å². The van der Waals surface area contributed by atoms with Crippen LogP contribution in [0, 0.1) is 0 Å². The number of thiazole rings is 1. The van der Waals surface area contributed by atoms with Gasteiger partial charge in [0.25, 0.3) is 0 Å². The molecule has 0 aliphatic heterocycles. The van der Waals surface area contributed by atoms with E-state index in [4.69, 9.17) is 0 Å². The molecule has 0 aliphatic carbocycles. The third kappa shape index (κ3) is 3.87. The van der Waals surface area contributed by atoms with Crippen LogP contribution in [-0.4, -0.2) is 29.0 Å². The topological polar surface area (TPSA) is 41.1 Å². The SMILES string of the molecule is CNCc1nc(CN(C)Cc2cccnc2)cs1. The highest BCUT2D eigenvalue weighted by Gasteiger charge is 2.05. The zero-order valence-corrected chi connectivity index (χ0v) is 11.6. The van der Waals surface area contributed by atoms with Gasteiger partial charge in [-0.15, -0.1) is 11.3 Å². The van der Waals surface area contributed by atoms with Crippen molar-refractivity contribution in [3.8, 4) is 0 Å². The number of pyridine rings is 1. The van der Waals surface area contributed by atoms with Crippen LogP contribution in [0.25, 0.3) is 0 Å². The molecule has 0 spiro atoms. The molecule has 96 valence electrons. The van der Waals surface area contributed by atoms with E-state index in [-0.39, 0.29) is 0 Å². The smallest absolute Gasteiger partial charge is 0.107 e. The van der Waals surface area contributed by atoms with Crippen LogP contribution in [-0.2, 0) is 19.6 Å². The Morgan fingerprint density at radius 3 is 3.00 bits per heavy atom. The molecule has 0 aliphatic rings. The molecule has 0 saturated heterocycles. The van der Waals surface area contributed by atoms with E-state index < -0.39 is 0 Å². The lowest BCUT2D eigenvalue weighted by Crippen LogP contribution is -2.17. The molecule has 2 heterocycles. The summed E-state index contributed by atoms with van der Waals surface area (Å²) in [6.07, 6.45) is 3.71. The Morgan fingerprint density at radius 1 is 1.39 bits per heavy atom. The second kappa shape index (κ2) is 6.58. The zero-order valence-electron chi connectivity index (χ0n) is 10.8. The molecule has 2 aromatic rings. The van der Waals surface area contributed by atoms with E-state index in [1.54, 1.807) is 17.5 Å². The van der Waals surface area contributed by atoms with Crippen molar-refractivity contribution in [3.05, 3.63) is 46.2 Å². The van der Waals surface area contributed by atoms with Crippen molar-refractivity contribution in [2.75, 3.05) is 14.1 Å². The minimum atomic E-state index is 0.844. The maximum absolute atomic E-state index is 4.58. The van der Waals surface area contributed by atoms with E-state index >= 15 is 0 Å². The van der Waals surface area contributed by atoms with E-state index in [0.29, 0.717) is 0 Å². The first-order valence-electron chi connectivity index (χ1n) is 5.93. The van der Waals surface area contributed by atoms with E-state index in [2.05, 4.69) is 38.7 Å². The maximum Gasteiger partial charge on any atom is 0.107 e. The van der Waals surface area contributed by atoms with Crippen molar-refractivity contribution in [2.24, 2.45) is 0 Å². The lowest BCUT2D eigenvalue weighted by Gasteiger charge is -2.14. The molecule has 0 aromatic carbocycles. The van der Waals surface area contributed by atoms with Crippen LogP contribution in [0.15, 0.2) is 29.9 Å². The van der Waals surface area contributed by atoms with Gasteiger partial charge in [0.15, 0.2) is 0 Å². The van der Waals surface area contributed by atoms with Crippen LogP contribution in [0.3, 0.4) is 0 Å². The van der Waals surface area contributed by atoms with Crippen LogP contribution in [0.5, 0.6) is 0 Å². The molecule has 0 atom stereocenters. The van der Waals surface area contributed by atoms with Gasteiger partial charge in [0, 0.05) is 37.4 Å². The highest BCUT2D eigenvalue weighted by atomic mass is 32.1. The van der Waals surface area contributed by atoms with Gasteiger partial charge in [0.2, 0.25) is 0 Å². The van der Waals surface area contributed by atoms with Gasteiger partial charge < -0.3 is 5.32 Å². The Bertz CT molecular complexity index is 469. The van der Waals surface area contributed by atoms with E-state index in [1.807, 2.05) is 19.3 Å². The molecule has 5 heteroatoms. The monoisotopic (exact) mass is 262 g/mol. The molecule has 2 aromatic heterocycles. The average molecular weight is 262 g/mol. The van der Waals surface area contributed by atoms with Crippen LogP contribution in [0.1, 0.15) is 16.3 Å². The first-order chi connectivity index (χ1) is 8.78. The molecule has 2 rings (SSSR count). The van der Waals surface area contributed by atoms with E-state index in [1.165, 1.54) is 5.56 Å². The van der Waals surface area contributed by atoms with Crippen molar-refractivity contribution in [2.45, 2.75) is 19.6 Å². The van der Waals surface area contributed by atoms with Crippen LogP contribution < -0.4 is 5.32 Å². The summed E-state index contributed by atoms with van der Waals surface area (Å²) in [6, 6.07) is 4.06. The summed E-state index contributed by atoms with van der Waals surface area (Å²) < 4.78 is 0. The van der Waals surface area contributed by atoms with Gasteiger partial charge in [0.05, 0.1) is 5.69 Å². The highest BCUT2D eigenvalue weighted by Crippen LogP contribution is 2.12. The fraction of sp³-hybridized carbons (Fsp3) is 0.385. The number of hydrogen-bond donors (Lipinski definition) is 1. The standard InChI is InChI=1S/C13H18N4S/c1-14-7-13-16-12(10-18-13)9-17(2)8-11-4-3-5-15-6-11/h3-6,10,14H,7-9H2,1-2H3. The lowest BCUT2D eigenvalue weighted by molar-refractivity contribution is 0.315. The fourth-order valence-corrected chi connectivity index (χ4v) is 2.59. The van der Waals surface area contributed by atoms with Gasteiger partial charge >= 0.3 is 0 Å². The van der Waals surface area contributed by atoms with Gasteiger partial charge in [0.1, 0.15) is 5.01 Å². The molecule has 0 bridgehead atoms. The predicted molar refractivity (Wildman–Crippen MR) is 74.3 cm³/mol. The van der Waals surface area contributed by atoms with Crippen molar-refractivity contribution in [1.29, 1.82) is 0 Å². The lowest BCUT2D eigenvalue weighted by atomic mass is 10.2. The molecule has 0 amide bonds. The molecule has 1 N–H and O–H groups in total. The van der Waals surface area contributed by atoms with Gasteiger partial charge in [-0.3, -0.25) is 9.88 Å². The summed E-state index contributed by atoms with van der Waals surface area (Å²) in [7, 11) is 4.04. The predicted octanol–water partition coefficient (Wildman–Crippen LogP) is 1.89. The largest absolute Gasteiger partial charge is 0.314 e. The van der Waals surface area contributed by atoms with Crippen LogP contribution in [0.2, 0.25) is 0 Å². The summed E-state index contributed by atoms with van der Waals surface area (Å²) in [6.45, 7) is 2.61. The van der Waals surface area contributed by atoms with Gasteiger partial charge in [-0.2, -0.15) is 0 Å². The zero-order chi connectivity index (χ0) is 12.8. The summed E-state index contributed by atoms with van der Waals surface area (Å²) >= 11 is 1.71. The Balaban J connectivity index is 1.88. The Morgan fingerprint density at radius 2 is 2.28 bits per heavy atom. The quantitative estimate of drug-likeness (QED) is 0.863. The van der Waals surface area contributed by atoms with Crippen LogP contribution in [0.4, 0.5) is 0 Å². The van der Waals surface area contributed by atoms with Crippen molar-refractivity contribution < 1.29 is 0 Å². The minimum absolute atomic E-state index is 0.844. The van der Waals surface area contributed by atoms with E-state index in [0.717, 1.165) is 30.3 Å². The summed E-state index contributed by atoms with van der Waals surface area (Å²) in [5.74, 6) is 0. The van der Waals surface area contributed by atoms with Crippen molar-refractivity contribution in [1.82, 2.24) is 20.2 Å². The summed E-state index contributed by atoms with van der Waals surface area (Å²) in [5.41, 5.74) is 2.36. The number of rotatable bonds is 6. The number of nitrogens with one attached hydrogen (secondary N) is 1. The third-order valence-corrected chi connectivity index (χ3v) is 3.43. The van der Waals surface area contributed by atoms with Gasteiger partial charge in [-0.25, -0.2) is 4.98 Å². The highest BCUT2D eigenvalue weighted by molar-refractivity contribution is 7.09. The van der Waals surface area contributed by atoms with Crippen molar-refractivity contribution >= 4 is 11.3 Å². The van der Waals surface area contributed by atoms with Gasteiger partial charge in [-0.05, 0) is 25.7 Å².